The fraction of sp³-hybridized carbons (Fsp3) is 0.136. The average Bonchev–Trinajstić information content (AvgIpc) is 2.73. The maximum absolute atomic E-state index is 14.1. The molecule has 1 heterocycles. The average molecular weight is 425 g/mol. The van der Waals surface area contributed by atoms with Gasteiger partial charge in [-0.25, -0.2) is 9.18 Å². The zero-order chi connectivity index (χ0) is 21.3. The Hall–Kier alpha value is -3.39. The minimum atomic E-state index is -0.863. The number of hydrogen-bond donors (Lipinski definition) is 3. The van der Waals surface area contributed by atoms with Crippen LogP contribution in [-0.4, -0.2) is 16.9 Å². The van der Waals surface area contributed by atoms with Gasteiger partial charge in [0, 0.05) is 34.3 Å². The molecule has 4 N–H and O–H groups in total. The van der Waals surface area contributed by atoms with Gasteiger partial charge in [-0.1, -0.05) is 24.3 Å². The molecule has 0 aliphatic rings. The van der Waals surface area contributed by atoms with E-state index in [9.17, 15) is 14.0 Å². The van der Waals surface area contributed by atoms with E-state index in [4.69, 9.17) is 5.73 Å². The summed E-state index contributed by atoms with van der Waals surface area (Å²) >= 11 is 1.66. The molecule has 1 atom stereocenters. The quantitative estimate of drug-likeness (QED) is 0.471. The van der Waals surface area contributed by atoms with Crippen molar-refractivity contribution in [1.82, 2.24) is 10.3 Å². The van der Waals surface area contributed by atoms with Crippen LogP contribution in [0.5, 0.6) is 0 Å². The van der Waals surface area contributed by atoms with Gasteiger partial charge in [-0.05, 0) is 42.0 Å². The van der Waals surface area contributed by atoms with Crippen LogP contribution in [0.2, 0.25) is 0 Å². The van der Waals surface area contributed by atoms with Crippen LogP contribution in [0, 0.1) is 5.82 Å². The van der Waals surface area contributed by atoms with Crippen LogP contribution in [0.15, 0.2) is 78.0 Å². The number of thioether (sulfide) groups is 1. The molecule has 3 amide bonds. The third-order valence-electron chi connectivity index (χ3n) is 4.25. The first-order valence-electron chi connectivity index (χ1n) is 9.23. The number of pyridine rings is 1. The zero-order valence-electron chi connectivity index (χ0n) is 16.0. The molecule has 1 aromatic heterocycles. The third kappa shape index (κ3) is 6.31. The summed E-state index contributed by atoms with van der Waals surface area (Å²) in [6.07, 6.45) is 3.41. The number of rotatable bonds is 8. The first-order valence-corrected chi connectivity index (χ1v) is 10.2. The molecule has 0 unspecified atom stereocenters. The first-order chi connectivity index (χ1) is 14.5. The monoisotopic (exact) mass is 424 g/mol. The van der Waals surface area contributed by atoms with Gasteiger partial charge in [0.15, 0.2) is 0 Å². The molecule has 0 radical (unpaired) electrons. The van der Waals surface area contributed by atoms with Crippen LogP contribution < -0.4 is 16.4 Å². The van der Waals surface area contributed by atoms with Crippen LogP contribution >= 0.6 is 11.8 Å². The van der Waals surface area contributed by atoms with Gasteiger partial charge >= 0.3 is 6.03 Å². The second kappa shape index (κ2) is 10.4. The zero-order valence-corrected chi connectivity index (χ0v) is 16.9. The van der Waals surface area contributed by atoms with Crippen LogP contribution in [0.4, 0.5) is 14.9 Å². The smallest absolute Gasteiger partial charge is 0.312 e. The third-order valence-corrected chi connectivity index (χ3v) is 5.34. The molecule has 3 aromatic rings. The lowest BCUT2D eigenvalue weighted by Gasteiger charge is -2.18. The van der Waals surface area contributed by atoms with E-state index in [2.05, 4.69) is 15.6 Å². The molecule has 0 saturated carbocycles. The van der Waals surface area contributed by atoms with Gasteiger partial charge in [-0.3, -0.25) is 9.78 Å². The molecule has 0 saturated heterocycles. The van der Waals surface area contributed by atoms with Gasteiger partial charge in [-0.2, -0.15) is 0 Å². The largest absolute Gasteiger partial charge is 0.352 e. The SMILES string of the molecule is NC(=O)N[C@H](CC(=O)Nc1ccc(SCc2cccnc2)cc1)c1ccccc1F. The van der Waals surface area contributed by atoms with E-state index in [1.54, 1.807) is 36.2 Å². The summed E-state index contributed by atoms with van der Waals surface area (Å²) < 4.78 is 14.1. The number of hydrogen-bond acceptors (Lipinski definition) is 4. The minimum Gasteiger partial charge on any atom is -0.352 e. The number of urea groups is 1. The molecule has 0 fully saturated rings. The van der Waals surface area contributed by atoms with Crippen molar-refractivity contribution in [3.8, 4) is 0 Å². The predicted octanol–water partition coefficient (Wildman–Crippen LogP) is 4.25. The van der Waals surface area contributed by atoms with Crippen molar-refractivity contribution < 1.29 is 14.0 Å². The molecule has 8 heteroatoms. The molecule has 0 spiro atoms. The second-order valence-corrected chi connectivity index (χ2v) is 7.56. The van der Waals surface area contributed by atoms with Gasteiger partial charge < -0.3 is 16.4 Å². The standard InChI is InChI=1S/C22H21FN4O2S/c23-19-6-2-1-5-18(19)20(27-22(24)29)12-21(28)26-16-7-9-17(10-8-16)30-14-15-4-3-11-25-13-15/h1-11,13,20H,12,14H2,(H,26,28)(H3,24,27,29)/t20-/m1/s1. The topological polar surface area (TPSA) is 97.1 Å². The Morgan fingerprint density at radius 3 is 2.50 bits per heavy atom. The summed E-state index contributed by atoms with van der Waals surface area (Å²) in [5, 5.41) is 5.19. The lowest BCUT2D eigenvalue weighted by atomic mass is 10.0. The highest BCUT2D eigenvalue weighted by atomic mass is 32.2. The van der Waals surface area contributed by atoms with Gasteiger partial charge in [0.2, 0.25) is 5.91 Å². The summed E-state index contributed by atoms with van der Waals surface area (Å²) in [5.41, 5.74) is 7.12. The van der Waals surface area contributed by atoms with Crippen molar-refractivity contribution in [2.75, 3.05) is 5.32 Å². The maximum Gasteiger partial charge on any atom is 0.312 e. The number of benzene rings is 2. The Morgan fingerprint density at radius 2 is 1.83 bits per heavy atom. The Bertz CT molecular complexity index is 1000. The summed E-state index contributed by atoms with van der Waals surface area (Å²) in [7, 11) is 0. The fourth-order valence-electron chi connectivity index (χ4n) is 2.85. The van der Waals surface area contributed by atoms with Crippen molar-refractivity contribution in [3.63, 3.8) is 0 Å². The number of amides is 3. The molecular formula is C22H21FN4O2S. The second-order valence-electron chi connectivity index (χ2n) is 6.51. The van der Waals surface area contributed by atoms with Crippen LogP contribution in [0.1, 0.15) is 23.6 Å². The van der Waals surface area contributed by atoms with Crippen molar-refractivity contribution in [2.24, 2.45) is 5.73 Å². The Kier molecular flexibility index (Phi) is 7.40. The number of nitrogens with two attached hydrogens (primary N) is 1. The molecule has 154 valence electrons. The van der Waals surface area contributed by atoms with Crippen molar-refractivity contribution in [3.05, 3.63) is 90.0 Å². The Balaban J connectivity index is 1.58. The van der Waals surface area contributed by atoms with E-state index in [1.807, 2.05) is 30.5 Å². The van der Waals surface area contributed by atoms with Crippen LogP contribution in [0.25, 0.3) is 0 Å². The molecule has 6 nitrogen and oxygen atoms in total. The van der Waals surface area contributed by atoms with E-state index >= 15 is 0 Å². The van der Waals surface area contributed by atoms with Gasteiger partial charge in [0.1, 0.15) is 5.82 Å². The summed E-state index contributed by atoms with van der Waals surface area (Å²) in [4.78, 5) is 28.9. The lowest BCUT2D eigenvalue weighted by molar-refractivity contribution is -0.116. The molecule has 30 heavy (non-hydrogen) atoms. The van der Waals surface area contributed by atoms with E-state index in [0.29, 0.717) is 5.69 Å². The van der Waals surface area contributed by atoms with Gasteiger partial charge in [0.25, 0.3) is 0 Å². The Labute approximate surface area is 178 Å². The van der Waals surface area contributed by atoms with Gasteiger partial charge in [0.05, 0.1) is 12.5 Å². The maximum atomic E-state index is 14.1. The molecular weight excluding hydrogens is 403 g/mol. The first kappa shape index (κ1) is 21.3. The van der Waals surface area contributed by atoms with Gasteiger partial charge in [-0.15, -0.1) is 11.8 Å². The van der Waals surface area contributed by atoms with Crippen molar-refractivity contribution >= 4 is 29.4 Å². The number of anilines is 1. The Morgan fingerprint density at radius 1 is 1.07 bits per heavy atom. The number of aromatic nitrogens is 1. The lowest BCUT2D eigenvalue weighted by Crippen LogP contribution is -2.35. The highest BCUT2D eigenvalue weighted by Gasteiger charge is 2.20. The number of nitrogens with zero attached hydrogens (tertiary/aromatic N) is 1. The fourth-order valence-corrected chi connectivity index (χ4v) is 3.68. The number of carbonyl (C=O) groups is 2. The molecule has 2 aromatic carbocycles. The summed E-state index contributed by atoms with van der Waals surface area (Å²) in [6, 6.07) is 15.6. The van der Waals surface area contributed by atoms with Crippen molar-refractivity contribution in [2.45, 2.75) is 23.1 Å². The summed E-state index contributed by atoms with van der Waals surface area (Å²) in [5.74, 6) is -0.0883. The van der Waals surface area contributed by atoms with E-state index < -0.39 is 17.9 Å². The van der Waals surface area contributed by atoms with E-state index in [-0.39, 0.29) is 17.9 Å². The molecule has 0 aliphatic heterocycles. The highest BCUT2D eigenvalue weighted by Crippen LogP contribution is 2.25. The van der Waals surface area contributed by atoms with Crippen LogP contribution in [0.3, 0.4) is 0 Å². The van der Waals surface area contributed by atoms with E-state index in [1.165, 1.54) is 18.2 Å². The number of primary amides is 1. The van der Waals surface area contributed by atoms with Crippen molar-refractivity contribution in [1.29, 1.82) is 0 Å². The molecule has 3 rings (SSSR count). The van der Waals surface area contributed by atoms with E-state index in [0.717, 1.165) is 16.2 Å². The molecule has 0 bridgehead atoms. The minimum absolute atomic E-state index is 0.151. The van der Waals surface area contributed by atoms with Crippen LogP contribution in [-0.2, 0) is 10.5 Å². The molecule has 0 aliphatic carbocycles. The highest BCUT2D eigenvalue weighted by molar-refractivity contribution is 7.98. The summed E-state index contributed by atoms with van der Waals surface area (Å²) in [6.45, 7) is 0. The predicted molar refractivity (Wildman–Crippen MR) is 115 cm³/mol. The normalized spacial score (nSPS) is 11.5. The number of nitrogens with one attached hydrogen (secondary N) is 2. The number of carbonyl (C=O) groups excluding carboxylic acids is 2. The number of halogens is 1.